The number of aromatic nitrogens is 1. The molecule has 0 aromatic carbocycles. The summed E-state index contributed by atoms with van der Waals surface area (Å²) in [7, 11) is 0. The van der Waals surface area contributed by atoms with Crippen LogP contribution in [0.15, 0.2) is 12.3 Å². The van der Waals surface area contributed by atoms with Crippen molar-refractivity contribution in [1.29, 1.82) is 0 Å². The predicted octanol–water partition coefficient (Wildman–Crippen LogP) is 2.11. The second-order valence-electron chi connectivity index (χ2n) is 4.84. The quantitative estimate of drug-likeness (QED) is 0.811. The third-order valence-electron chi connectivity index (χ3n) is 3.19. The lowest BCUT2D eigenvalue weighted by molar-refractivity contribution is -0.121. The van der Waals surface area contributed by atoms with Crippen LogP contribution in [0.1, 0.15) is 25.3 Å². The van der Waals surface area contributed by atoms with E-state index >= 15 is 0 Å². The molecule has 1 amide bonds. The summed E-state index contributed by atoms with van der Waals surface area (Å²) in [6, 6.07) is 1.79. The number of hydrogen-bond acceptors (Lipinski definition) is 3. The molecule has 0 bridgehead atoms. The number of nitrogens with zero attached hydrogens (tertiary/aromatic N) is 1. The van der Waals surface area contributed by atoms with E-state index in [1.807, 2.05) is 6.92 Å². The van der Waals surface area contributed by atoms with E-state index in [1.165, 1.54) is 6.20 Å². The molecule has 1 unspecified atom stereocenters. The smallest absolute Gasteiger partial charge is 0.244 e. The van der Waals surface area contributed by atoms with Crippen molar-refractivity contribution in [2.45, 2.75) is 32.2 Å². The lowest BCUT2D eigenvalue weighted by Gasteiger charge is -2.23. The summed E-state index contributed by atoms with van der Waals surface area (Å²) in [5.74, 6) is 0.132. The monoisotopic (exact) mass is 253 g/mol. The van der Waals surface area contributed by atoms with Gasteiger partial charge in [0.2, 0.25) is 5.91 Å². The van der Waals surface area contributed by atoms with Gasteiger partial charge in [-0.2, -0.15) is 0 Å². The molecule has 1 aliphatic carbocycles. The minimum atomic E-state index is -0.798. The zero-order chi connectivity index (χ0) is 12.6. The van der Waals surface area contributed by atoms with Crippen LogP contribution in [-0.2, 0) is 4.79 Å². The molecule has 1 fully saturated rings. The molecule has 1 heterocycles. The number of halogens is 1. The fourth-order valence-electron chi connectivity index (χ4n) is 1.76. The molecule has 1 aliphatic rings. The average molecular weight is 254 g/mol. The fourth-order valence-corrected chi connectivity index (χ4v) is 1.86. The van der Waals surface area contributed by atoms with Crippen LogP contribution < -0.4 is 11.1 Å². The first kappa shape index (κ1) is 12.3. The van der Waals surface area contributed by atoms with Gasteiger partial charge in [-0.25, -0.2) is 4.98 Å². The SMILES string of the molecule is Cc1cc(NC(=O)C(C)(N)C2CC2)cnc1Cl. The number of amides is 1. The van der Waals surface area contributed by atoms with Gasteiger partial charge in [0.1, 0.15) is 5.15 Å². The predicted molar refractivity (Wildman–Crippen MR) is 67.9 cm³/mol. The van der Waals surface area contributed by atoms with Crippen molar-refractivity contribution in [3.05, 3.63) is 23.0 Å². The van der Waals surface area contributed by atoms with E-state index in [2.05, 4.69) is 10.3 Å². The van der Waals surface area contributed by atoms with E-state index in [0.717, 1.165) is 18.4 Å². The molecule has 92 valence electrons. The third kappa shape index (κ3) is 2.58. The summed E-state index contributed by atoms with van der Waals surface area (Å²) in [6.07, 6.45) is 3.59. The van der Waals surface area contributed by atoms with Gasteiger partial charge in [0.05, 0.1) is 17.4 Å². The summed E-state index contributed by atoms with van der Waals surface area (Å²) < 4.78 is 0. The van der Waals surface area contributed by atoms with Crippen LogP contribution in [-0.4, -0.2) is 16.4 Å². The summed E-state index contributed by atoms with van der Waals surface area (Å²) >= 11 is 5.82. The number of nitrogens with two attached hydrogens (primary N) is 1. The first-order valence-corrected chi connectivity index (χ1v) is 6.01. The minimum absolute atomic E-state index is 0.163. The van der Waals surface area contributed by atoms with Crippen LogP contribution in [0.25, 0.3) is 0 Å². The van der Waals surface area contributed by atoms with Gasteiger partial charge in [-0.15, -0.1) is 0 Å². The van der Waals surface area contributed by atoms with Crippen LogP contribution in [0.5, 0.6) is 0 Å². The molecule has 5 heteroatoms. The first-order chi connectivity index (χ1) is 7.91. The maximum absolute atomic E-state index is 12.0. The highest BCUT2D eigenvalue weighted by Crippen LogP contribution is 2.38. The van der Waals surface area contributed by atoms with Gasteiger partial charge in [-0.3, -0.25) is 4.79 Å². The standard InChI is InChI=1S/C12H16ClN3O/c1-7-5-9(6-15-10(7)13)16-11(17)12(2,14)8-3-4-8/h5-6,8H,3-4,14H2,1-2H3,(H,16,17). The molecule has 3 N–H and O–H groups in total. The minimum Gasteiger partial charge on any atom is -0.323 e. The Morgan fingerprint density at radius 3 is 2.82 bits per heavy atom. The Balaban J connectivity index is 2.10. The Morgan fingerprint density at radius 1 is 1.65 bits per heavy atom. The zero-order valence-electron chi connectivity index (χ0n) is 9.96. The van der Waals surface area contributed by atoms with Crippen LogP contribution in [0.3, 0.4) is 0 Å². The van der Waals surface area contributed by atoms with Gasteiger partial charge in [0.25, 0.3) is 0 Å². The van der Waals surface area contributed by atoms with Crippen molar-refractivity contribution in [3.63, 3.8) is 0 Å². The van der Waals surface area contributed by atoms with Gasteiger partial charge in [0.15, 0.2) is 0 Å². The second-order valence-corrected chi connectivity index (χ2v) is 5.20. The van der Waals surface area contributed by atoms with Gasteiger partial charge < -0.3 is 11.1 Å². The lowest BCUT2D eigenvalue weighted by atomic mass is 9.96. The van der Waals surface area contributed by atoms with Crippen molar-refractivity contribution in [1.82, 2.24) is 4.98 Å². The second kappa shape index (κ2) is 4.27. The fraction of sp³-hybridized carbons (Fsp3) is 0.500. The van der Waals surface area contributed by atoms with Gasteiger partial charge in [-0.05, 0) is 44.2 Å². The highest BCUT2D eigenvalue weighted by atomic mass is 35.5. The maximum Gasteiger partial charge on any atom is 0.244 e. The largest absolute Gasteiger partial charge is 0.323 e. The van der Waals surface area contributed by atoms with E-state index in [4.69, 9.17) is 17.3 Å². The molecule has 1 atom stereocenters. The Kier molecular flexibility index (Phi) is 3.10. The maximum atomic E-state index is 12.0. The summed E-state index contributed by atoms with van der Waals surface area (Å²) in [6.45, 7) is 3.61. The molecule has 0 aliphatic heterocycles. The molecule has 4 nitrogen and oxygen atoms in total. The highest BCUT2D eigenvalue weighted by Gasteiger charge is 2.44. The molecule has 1 aromatic rings. The van der Waals surface area contributed by atoms with E-state index in [1.54, 1.807) is 13.0 Å². The van der Waals surface area contributed by atoms with Crippen molar-refractivity contribution < 1.29 is 4.79 Å². The van der Waals surface area contributed by atoms with Crippen molar-refractivity contribution in [2.75, 3.05) is 5.32 Å². The van der Waals surface area contributed by atoms with Crippen LogP contribution in [0.2, 0.25) is 5.15 Å². The molecule has 2 rings (SSSR count). The summed E-state index contributed by atoms with van der Waals surface area (Å²) in [5, 5.41) is 3.23. The number of nitrogens with one attached hydrogen (secondary N) is 1. The Morgan fingerprint density at radius 2 is 2.29 bits per heavy atom. The van der Waals surface area contributed by atoms with Gasteiger partial charge >= 0.3 is 0 Å². The number of anilines is 1. The van der Waals surface area contributed by atoms with Crippen molar-refractivity contribution >= 4 is 23.2 Å². The Labute approximate surface area is 106 Å². The molecule has 1 aromatic heterocycles. The number of carbonyl (C=O) groups is 1. The number of rotatable bonds is 3. The lowest BCUT2D eigenvalue weighted by Crippen LogP contribution is -2.50. The molecular formula is C12H16ClN3O. The number of hydrogen-bond donors (Lipinski definition) is 2. The van der Waals surface area contributed by atoms with E-state index in [0.29, 0.717) is 16.8 Å². The van der Waals surface area contributed by atoms with E-state index in [9.17, 15) is 4.79 Å². The average Bonchev–Trinajstić information content (AvgIpc) is 3.07. The molecule has 1 saturated carbocycles. The number of aryl methyl sites for hydroxylation is 1. The van der Waals surface area contributed by atoms with Gasteiger partial charge in [0, 0.05) is 0 Å². The molecular weight excluding hydrogens is 238 g/mol. The van der Waals surface area contributed by atoms with E-state index in [-0.39, 0.29) is 5.91 Å². The zero-order valence-corrected chi connectivity index (χ0v) is 10.7. The molecule has 0 spiro atoms. The summed E-state index contributed by atoms with van der Waals surface area (Å²) in [4.78, 5) is 16.0. The van der Waals surface area contributed by atoms with Crippen LogP contribution in [0.4, 0.5) is 5.69 Å². The number of carbonyl (C=O) groups excluding carboxylic acids is 1. The molecule has 0 radical (unpaired) electrons. The topological polar surface area (TPSA) is 68.0 Å². The highest BCUT2D eigenvalue weighted by molar-refractivity contribution is 6.30. The number of pyridine rings is 1. The van der Waals surface area contributed by atoms with Crippen LogP contribution >= 0.6 is 11.6 Å². The Bertz CT molecular complexity index is 455. The van der Waals surface area contributed by atoms with Crippen molar-refractivity contribution in [3.8, 4) is 0 Å². The molecule has 17 heavy (non-hydrogen) atoms. The van der Waals surface area contributed by atoms with Crippen molar-refractivity contribution in [2.24, 2.45) is 11.7 Å². The summed E-state index contributed by atoms with van der Waals surface area (Å²) in [5.41, 5.74) is 6.69. The third-order valence-corrected chi connectivity index (χ3v) is 3.58. The first-order valence-electron chi connectivity index (χ1n) is 5.63. The van der Waals surface area contributed by atoms with E-state index < -0.39 is 5.54 Å². The normalized spacial score (nSPS) is 18.6. The van der Waals surface area contributed by atoms with Crippen LogP contribution in [0, 0.1) is 12.8 Å². The van der Waals surface area contributed by atoms with Gasteiger partial charge in [-0.1, -0.05) is 11.6 Å². The molecule has 0 saturated heterocycles. The Hall–Kier alpha value is -1.13.